The van der Waals surface area contributed by atoms with Crippen molar-refractivity contribution >= 4 is 34.3 Å². The molecule has 2 aromatic rings. The monoisotopic (exact) mass is 244 g/mol. The maximum Gasteiger partial charge on any atom is 0.0945 e. The van der Waals surface area contributed by atoms with Gasteiger partial charge in [-0.05, 0) is 22.9 Å². The fourth-order valence-electron chi connectivity index (χ4n) is 1.26. The maximum absolute atomic E-state index is 9.89. The van der Waals surface area contributed by atoms with Crippen molar-refractivity contribution in [2.24, 2.45) is 0 Å². The van der Waals surface area contributed by atoms with Crippen LogP contribution in [0.3, 0.4) is 0 Å². The largest absolute Gasteiger partial charge is 0.387 e. The summed E-state index contributed by atoms with van der Waals surface area (Å²) in [6.07, 6.45) is 0.180. The van der Waals surface area contributed by atoms with Gasteiger partial charge in [-0.25, -0.2) is 0 Å². The van der Waals surface area contributed by atoms with Gasteiger partial charge < -0.3 is 5.11 Å². The molecule has 1 atom stereocenters. The summed E-state index contributed by atoms with van der Waals surface area (Å²) in [5.41, 5.74) is 0. The number of hydrogen-bond donors (Lipinski definition) is 1. The van der Waals surface area contributed by atoms with Gasteiger partial charge in [-0.1, -0.05) is 17.7 Å². The molecule has 4 heteroatoms. The summed E-state index contributed by atoms with van der Waals surface area (Å²) >= 11 is 9.09. The second-order valence-corrected chi connectivity index (χ2v) is 5.32. The zero-order valence-corrected chi connectivity index (χ0v) is 9.70. The number of thiophene rings is 2. The molecule has 2 aromatic heterocycles. The Kier molecular flexibility index (Phi) is 3.23. The van der Waals surface area contributed by atoms with Gasteiger partial charge >= 0.3 is 0 Å². The Hall–Kier alpha value is -0.350. The number of hydrogen-bond acceptors (Lipinski definition) is 3. The van der Waals surface area contributed by atoms with Gasteiger partial charge in [0.1, 0.15) is 0 Å². The lowest BCUT2D eigenvalue weighted by molar-refractivity contribution is 0.183. The first kappa shape index (κ1) is 10.2. The molecule has 2 rings (SSSR count). The Labute approximate surface area is 95.6 Å². The van der Waals surface area contributed by atoms with Crippen molar-refractivity contribution in [3.05, 3.63) is 43.7 Å². The quantitative estimate of drug-likeness (QED) is 0.872. The van der Waals surface area contributed by atoms with Gasteiger partial charge in [0.05, 0.1) is 16.0 Å². The molecule has 0 radical (unpaired) electrons. The van der Waals surface area contributed by atoms with Crippen LogP contribution in [-0.2, 0) is 6.42 Å². The van der Waals surface area contributed by atoms with E-state index in [1.54, 1.807) is 11.3 Å². The molecule has 0 aliphatic carbocycles. The van der Waals surface area contributed by atoms with Crippen molar-refractivity contribution in [2.75, 3.05) is 0 Å². The summed E-state index contributed by atoms with van der Waals surface area (Å²) in [5, 5.41) is 14.5. The molecule has 0 saturated carbocycles. The van der Waals surface area contributed by atoms with E-state index >= 15 is 0 Å². The fraction of sp³-hybridized carbons (Fsp3) is 0.200. The van der Waals surface area contributed by atoms with Crippen molar-refractivity contribution in [3.8, 4) is 0 Å². The first-order chi connectivity index (χ1) is 6.77. The van der Waals surface area contributed by atoms with E-state index in [-0.39, 0.29) is 0 Å². The van der Waals surface area contributed by atoms with Crippen molar-refractivity contribution in [1.29, 1.82) is 0 Å². The van der Waals surface area contributed by atoms with Crippen LogP contribution in [0, 0.1) is 0 Å². The Morgan fingerprint density at radius 3 is 2.71 bits per heavy atom. The van der Waals surface area contributed by atoms with Crippen LogP contribution >= 0.6 is 34.3 Å². The second-order valence-electron chi connectivity index (χ2n) is 2.93. The molecule has 1 unspecified atom stereocenters. The first-order valence-corrected chi connectivity index (χ1v) is 6.34. The molecule has 0 amide bonds. The number of aliphatic hydroxyl groups is 1. The van der Waals surface area contributed by atoms with Crippen LogP contribution in [0.15, 0.2) is 29.0 Å². The molecule has 0 aliphatic rings. The normalized spacial score (nSPS) is 13.0. The number of rotatable bonds is 3. The highest BCUT2D eigenvalue weighted by molar-refractivity contribution is 7.11. The highest BCUT2D eigenvalue weighted by Gasteiger charge is 2.13. The van der Waals surface area contributed by atoms with Crippen LogP contribution in [-0.4, -0.2) is 5.11 Å². The van der Waals surface area contributed by atoms with Crippen LogP contribution in [0.5, 0.6) is 0 Å². The molecule has 2 heterocycles. The summed E-state index contributed by atoms with van der Waals surface area (Å²) in [6, 6.07) is 5.83. The minimum atomic E-state index is -0.471. The fourth-order valence-corrected chi connectivity index (χ4v) is 3.17. The Balaban J connectivity index is 2.10. The van der Waals surface area contributed by atoms with Crippen molar-refractivity contribution in [2.45, 2.75) is 12.5 Å². The smallest absolute Gasteiger partial charge is 0.0945 e. The van der Waals surface area contributed by atoms with Crippen LogP contribution in [0.1, 0.15) is 15.9 Å². The summed E-state index contributed by atoms with van der Waals surface area (Å²) in [7, 11) is 0. The molecule has 1 N–H and O–H groups in total. The molecule has 0 saturated heterocycles. The van der Waals surface area contributed by atoms with Gasteiger partial charge in [-0.2, -0.15) is 0 Å². The second kappa shape index (κ2) is 4.45. The Morgan fingerprint density at radius 2 is 2.14 bits per heavy atom. The van der Waals surface area contributed by atoms with Gasteiger partial charge in [-0.15, -0.1) is 22.7 Å². The van der Waals surface area contributed by atoms with E-state index < -0.39 is 6.10 Å². The van der Waals surface area contributed by atoms with E-state index in [2.05, 4.69) is 0 Å². The SMILES string of the molecule is OC(Cc1cccs1)c1sccc1Cl. The van der Waals surface area contributed by atoms with Crippen molar-refractivity contribution in [3.63, 3.8) is 0 Å². The lowest BCUT2D eigenvalue weighted by Crippen LogP contribution is -1.98. The molecular formula is C10H9ClOS2. The third-order valence-corrected chi connectivity index (χ3v) is 4.28. The van der Waals surface area contributed by atoms with Crippen molar-refractivity contribution < 1.29 is 5.11 Å². The van der Waals surface area contributed by atoms with Gasteiger partial charge in [-0.3, -0.25) is 0 Å². The molecule has 74 valence electrons. The Bertz CT molecular complexity index is 394. The minimum Gasteiger partial charge on any atom is -0.387 e. The predicted octanol–water partition coefficient (Wildman–Crippen LogP) is 3.74. The molecule has 0 bridgehead atoms. The number of halogens is 1. The van der Waals surface area contributed by atoms with Crippen LogP contribution in [0.25, 0.3) is 0 Å². The molecule has 0 aliphatic heterocycles. The molecule has 14 heavy (non-hydrogen) atoms. The highest BCUT2D eigenvalue weighted by atomic mass is 35.5. The summed E-state index contributed by atoms with van der Waals surface area (Å²) in [4.78, 5) is 2.04. The molecule has 0 fully saturated rings. The zero-order valence-electron chi connectivity index (χ0n) is 7.31. The van der Waals surface area contributed by atoms with E-state index in [0.717, 1.165) is 4.88 Å². The molecular weight excluding hydrogens is 236 g/mol. The maximum atomic E-state index is 9.89. The lowest BCUT2D eigenvalue weighted by atomic mass is 10.2. The van der Waals surface area contributed by atoms with E-state index in [1.165, 1.54) is 16.2 Å². The predicted molar refractivity (Wildman–Crippen MR) is 62.3 cm³/mol. The Morgan fingerprint density at radius 1 is 1.29 bits per heavy atom. The molecule has 0 aromatic carbocycles. The lowest BCUT2D eigenvalue weighted by Gasteiger charge is -2.07. The van der Waals surface area contributed by atoms with Gasteiger partial charge in [0, 0.05) is 11.3 Å². The highest BCUT2D eigenvalue weighted by Crippen LogP contribution is 2.31. The third kappa shape index (κ3) is 2.17. The topological polar surface area (TPSA) is 20.2 Å². The standard InChI is InChI=1S/C10H9ClOS2/c11-8-3-5-14-10(8)9(12)6-7-2-1-4-13-7/h1-5,9,12H,6H2. The molecule has 1 nitrogen and oxygen atoms in total. The third-order valence-electron chi connectivity index (χ3n) is 1.92. The van der Waals surface area contributed by atoms with E-state index in [0.29, 0.717) is 11.4 Å². The van der Waals surface area contributed by atoms with E-state index in [4.69, 9.17) is 11.6 Å². The summed E-state index contributed by atoms with van der Waals surface area (Å²) < 4.78 is 0. The average molecular weight is 245 g/mol. The number of aliphatic hydroxyl groups excluding tert-OH is 1. The summed E-state index contributed by atoms with van der Waals surface area (Å²) in [5.74, 6) is 0. The van der Waals surface area contributed by atoms with Gasteiger partial charge in [0.15, 0.2) is 0 Å². The van der Waals surface area contributed by atoms with E-state index in [9.17, 15) is 5.11 Å². The van der Waals surface area contributed by atoms with Crippen LogP contribution in [0.2, 0.25) is 5.02 Å². The van der Waals surface area contributed by atoms with E-state index in [1.807, 2.05) is 29.0 Å². The van der Waals surface area contributed by atoms with Gasteiger partial charge in [0.25, 0.3) is 0 Å². The minimum absolute atomic E-state index is 0.471. The summed E-state index contributed by atoms with van der Waals surface area (Å²) in [6.45, 7) is 0. The zero-order chi connectivity index (χ0) is 9.97. The van der Waals surface area contributed by atoms with Crippen LogP contribution in [0.4, 0.5) is 0 Å². The van der Waals surface area contributed by atoms with Crippen molar-refractivity contribution in [1.82, 2.24) is 0 Å². The van der Waals surface area contributed by atoms with Gasteiger partial charge in [0.2, 0.25) is 0 Å². The molecule has 0 spiro atoms. The first-order valence-electron chi connectivity index (χ1n) is 4.20. The average Bonchev–Trinajstić information content (AvgIpc) is 2.75. The van der Waals surface area contributed by atoms with Crippen LogP contribution < -0.4 is 0 Å².